The Morgan fingerprint density at radius 1 is 1.09 bits per heavy atom. The molecular weight excluding hydrogens is 327 g/mol. The van der Waals surface area contributed by atoms with E-state index in [1.807, 2.05) is 0 Å². The highest BCUT2D eigenvalue weighted by atomic mass is 31.2. The summed E-state index contributed by atoms with van der Waals surface area (Å²) in [6.07, 6.45) is -5.85. The Morgan fingerprint density at radius 2 is 1.55 bits per heavy atom. The van der Waals surface area contributed by atoms with Crippen LogP contribution in [0.25, 0.3) is 0 Å². The van der Waals surface area contributed by atoms with Crippen LogP contribution in [0.2, 0.25) is 0 Å². The minimum Gasteiger partial charge on any atom is -0.487 e. The first kappa shape index (κ1) is 21.4. The number of hydrogen-bond donors (Lipinski definition) is 0. The third-order valence-electron chi connectivity index (χ3n) is 2.13. The lowest BCUT2D eigenvalue weighted by atomic mass is 10.4. The Morgan fingerprint density at radius 3 is 1.86 bits per heavy atom. The van der Waals surface area contributed by atoms with Gasteiger partial charge in [0.25, 0.3) is 5.57 Å². The molecule has 0 radical (unpaired) electrons. The molecule has 0 spiro atoms. The summed E-state index contributed by atoms with van der Waals surface area (Å²) in [6.45, 7) is 7.04. The largest absolute Gasteiger partial charge is 0.487 e. The summed E-state index contributed by atoms with van der Waals surface area (Å²) in [4.78, 5) is 0. The summed E-state index contributed by atoms with van der Waals surface area (Å²) in [6, 6.07) is 0. The van der Waals surface area contributed by atoms with Crippen molar-refractivity contribution in [1.29, 1.82) is 0 Å². The monoisotopic (exact) mass is 350 g/mol. The third-order valence-corrected chi connectivity index (χ3v) is 4.21. The van der Waals surface area contributed by atoms with Gasteiger partial charge in [0.2, 0.25) is 5.76 Å². The predicted octanol–water partition coefficient (Wildman–Crippen LogP) is 5.55. The number of hydrogen-bond acceptors (Lipinski definition) is 4. The fraction of sp³-hybridized carbons (Fsp3) is 0.846. The lowest BCUT2D eigenvalue weighted by molar-refractivity contribution is -0.133. The molecule has 0 atom stereocenters. The van der Waals surface area contributed by atoms with E-state index in [9.17, 15) is 22.1 Å². The second kappa shape index (κ2) is 8.89. The van der Waals surface area contributed by atoms with E-state index in [2.05, 4.69) is 4.74 Å². The van der Waals surface area contributed by atoms with Gasteiger partial charge in [-0.2, -0.15) is 17.6 Å². The maximum atomic E-state index is 14.3. The van der Waals surface area contributed by atoms with Crippen LogP contribution in [-0.4, -0.2) is 25.0 Å². The van der Waals surface area contributed by atoms with Crippen molar-refractivity contribution in [1.82, 2.24) is 0 Å². The summed E-state index contributed by atoms with van der Waals surface area (Å²) >= 11 is 0. The SMILES string of the molecule is CCCCO/C(=C(\F)P(=O)(OC(C)C)OC(C)C)C(F)(F)F. The summed E-state index contributed by atoms with van der Waals surface area (Å²) < 4.78 is 79.6. The molecule has 0 aromatic carbocycles. The molecule has 9 heteroatoms. The van der Waals surface area contributed by atoms with E-state index >= 15 is 0 Å². The van der Waals surface area contributed by atoms with Crippen molar-refractivity contribution in [3.8, 4) is 0 Å². The van der Waals surface area contributed by atoms with Gasteiger partial charge < -0.3 is 13.8 Å². The van der Waals surface area contributed by atoms with Crippen LogP contribution in [0, 0.1) is 0 Å². The zero-order chi connectivity index (χ0) is 17.6. The highest BCUT2D eigenvalue weighted by molar-refractivity contribution is 7.58. The van der Waals surface area contributed by atoms with Gasteiger partial charge in [-0.05, 0) is 34.1 Å². The van der Waals surface area contributed by atoms with Gasteiger partial charge >= 0.3 is 13.8 Å². The van der Waals surface area contributed by atoms with Crippen LogP contribution >= 0.6 is 7.60 Å². The van der Waals surface area contributed by atoms with Gasteiger partial charge in [-0.15, -0.1) is 0 Å². The summed E-state index contributed by atoms with van der Waals surface area (Å²) in [5.74, 6) is -1.95. The Kier molecular flexibility index (Phi) is 8.65. The molecule has 4 nitrogen and oxygen atoms in total. The van der Waals surface area contributed by atoms with E-state index in [0.717, 1.165) is 0 Å². The second-order valence-electron chi connectivity index (χ2n) is 5.13. The molecule has 0 aliphatic rings. The molecular formula is C13H23F4O4P. The van der Waals surface area contributed by atoms with Crippen LogP contribution in [0.5, 0.6) is 0 Å². The first-order chi connectivity index (χ1) is 9.94. The highest BCUT2D eigenvalue weighted by Crippen LogP contribution is 2.61. The van der Waals surface area contributed by atoms with Gasteiger partial charge in [-0.25, -0.2) is 0 Å². The number of ether oxygens (including phenoxy) is 1. The number of halogens is 4. The Labute approximate surface area is 128 Å². The topological polar surface area (TPSA) is 44.8 Å². The van der Waals surface area contributed by atoms with Crippen molar-refractivity contribution in [3.05, 3.63) is 11.3 Å². The molecule has 22 heavy (non-hydrogen) atoms. The van der Waals surface area contributed by atoms with Gasteiger partial charge in [0.05, 0.1) is 18.8 Å². The van der Waals surface area contributed by atoms with Crippen molar-refractivity contribution in [2.24, 2.45) is 0 Å². The van der Waals surface area contributed by atoms with Crippen molar-refractivity contribution < 1.29 is 35.9 Å². The molecule has 132 valence electrons. The quantitative estimate of drug-likeness (QED) is 0.237. The van der Waals surface area contributed by atoms with Crippen LogP contribution in [0.4, 0.5) is 17.6 Å². The van der Waals surface area contributed by atoms with Gasteiger partial charge in [0.1, 0.15) is 0 Å². The molecule has 0 aliphatic heterocycles. The van der Waals surface area contributed by atoms with E-state index in [1.165, 1.54) is 27.7 Å². The number of rotatable bonds is 9. The van der Waals surface area contributed by atoms with Crippen molar-refractivity contribution >= 4 is 7.60 Å². The molecule has 0 unspecified atom stereocenters. The Bertz CT molecular complexity index is 405. The number of allylic oxidation sites excluding steroid dienone is 1. The van der Waals surface area contributed by atoms with Crippen LogP contribution < -0.4 is 0 Å². The van der Waals surface area contributed by atoms with Crippen molar-refractivity contribution in [2.45, 2.75) is 65.8 Å². The minimum atomic E-state index is -5.13. The second-order valence-corrected chi connectivity index (χ2v) is 6.93. The number of unbranched alkanes of at least 4 members (excludes halogenated alkanes) is 1. The normalized spacial score (nSPS) is 14.5. The molecule has 0 heterocycles. The summed E-state index contributed by atoms with van der Waals surface area (Å²) in [7, 11) is -4.76. The smallest absolute Gasteiger partial charge is 0.452 e. The average molecular weight is 350 g/mol. The van der Waals surface area contributed by atoms with Gasteiger partial charge in [0, 0.05) is 0 Å². The zero-order valence-corrected chi connectivity index (χ0v) is 14.3. The first-order valence-electron chi connectivity index (χ1n) is 7.01. The molecule has 0 amide bonds. The molecule has 0 rings (SSSR count). The molecule has 0 N–H and O–H groups in total. The van der Waals surface area contributed by atoms with Crippen LogP contribution in [0.1, 0.15) is 47.5 Å². The minimum absolute atomic E-state index is 0.299. The zero-order valence-electron chi connectivity index (χ0n) is 13.4. The predicted molar refractivity (Wildman–Crippen MR) is 75.1 cm³/mol. The molecule has 0 fully saturated rings. The summed E-state index contributed by atoms with van der Waals surface area (Å²) in [5.41, 5.74) is -2.04. The van der Waals surface area contributed by atoms with Crippen LogP contribution in [-0.2, 0) is 18.3 Å². The van der Waals surface area contributed by atoms with Crippen molar-refractivity contribution in [3.63, 3.8) is 0 Å². The molecule has 0 aliphatic carbocycles. The fourth-order valence-corrected chi connectivity index (χ4v) is 3.16. The molecule has 0 aromatic heterocycles. The average Bonchev–Trinajstić information content (AvgIpc) is 2.30. The van der Waals surface area contributed by atoms with E-state index in [-0.39, 0.29) is 6.61 Å². The van der Waals surface area contributed by atoms with Crippen molar-refractivity contribution in [2.75, 3.05) is 6.61 Å². The first-order valence-corrected chi connectivity index (χ1v) is 8.55. The fourth-order valence-electron chi connectivity index (χ4n) is 1.37. The van der Waals surface area contributed by atoms with Crippen LogP contribution in [0.3, 0.4) is 0 Å². The van der Waals surface area contributed by atoms with Gasteiger partial charge in [-0.1, -0.05) is 13.3 Å². The molecule has 0 bridgehead atoms. The standard InChI is InChI=1S/C13H23F4O4P/c1-6-7-8-19-11(13(15,16)17)12(14)22(18,20-9(2)3)21-10(4)5/h9-10H,6-8H2,1-5H3/b12-11+. The van der Waals surface area contributed by atoms with E-state index in [4.69, 9.17) is 9.05 Å². The highest BCUT2D eigenvalue weighted by Gasteiger charge is 2.47. The maximum absolute atomic E-state index is 14.3. The van der Waals surface area contributed by atoms with Gasteiger partial charge in [-0.3, -0.25) is 4.57 Å². The lowest BCUT2D eigenvalue weighted by Crippen LogP contribution is -2.19. The number of alkyl halides is 3. The van der Waals surface area contributed by atoms with E-state index < -0.39 is 37.3 Å². The summed E-state index contributed by atoms with van der Waals surface area (Å²) in [5, 5.41) is 0. The molecule has 0 saturated heterocycles. The Balaban J connectivity index is 5.72. The van der Waals surface area contributed by atoms with E-state index in [1.54, 1.807) is 6.92 Å². The lowest BCUT2D eigenvalue weighted by Gasteiger charge is -2.23. The third kappa shape index (κ3) is 7.11. The van der Waals surface area contributed by atoms with E-state index in [0.29, 0.717) is 12.8 Å². The molecule has 0 aromatic rings. The Hall–Kier alpha value is -0.590. The van der Waals surface area contributed by atoms with Crippen LogP contribution in [0.15, 0.2) is 11.3 Å². The maximum Gasteiger partial charge on any atom is 0.452 e. The van der Waals surface area contributed by atoms with Gasteiger partial charge in [0.15, 0.2) is 0 Å². The molecule has 0 saturated carbocycles.